The third-order valence-electron chi connectivity index (χ3n) is 4.59. The molecule has 6 heteroatoms. The molecule has 0 spiro atoms. The van der Waals surface area contributed by atoms with Gasteiger partial charge >= 0.3 is 0 Å². The number of para-hydroxylation sites is 2. The Bertz CT molecular complexity index is 889. The zero-order valence-electron chi connectivity index (χ0n) is 15.7. The third kappa shape index (κ3) is 4.86. The summed E-state index contributed by atoms with van der Waals surface area (Å²) in [6.45, 7) is 3.20. The van der Waals surface area contributed by atoms with E-state index in [-0.39, 0.29) is 12.5 Å². The van der Waals surface area contributed by atoms with Crippen molar-refractivity contribution in [3.8, 4) is 5.75 Å². The molecule has 27 heavy (non-hydrogen) atoms. The molecule has 0 fully saturated rings. The highest BCUT2D eigenvalue weighted by Gasteiger charge is 2.12. The van der Waals surface area contributed by atoms with E-state index in [1.807, 2.05) is 48.8 Å². The number of aryl methyl sites for hydroxylation is 1. The van der Waals surface area contributed by atoms with Gasteiger partial charge in [0.05, 0.1) is 36.6 Å². The number of carbonyl (C=O) groups is 1. The van der Waals surface area contributed by atoms with E-state index in [2.05, 4.69) is 15.6 Å². The molecule has 142 valence electrons. The van der Waals surface area contributed by atoms with Crippen molar-refractivity contribution in [2.75, 3.05) is 20.2 Å². The number of rotatable bonds is 8. The Kier molecular flexibility index (Phi) is 6.08. The van der Waals surface area contributed by atoms with Crippen molar-refractivity contribution < 1.29 is 14.6 Å². The monoisotopic (exact) mass is 367 g/mol. The van der Waals surface area contributed by atoms with Crippen LogP contribution in [0.4, 0.5) is 0 Å². The molecule has 2 aromatic carbocycles. The molecule has 0 saturated heterocycles. The van der Waals surface area contributed by atoms with E-state index in [1.54, 1.807) is 7.05 Å². The SMILES string of the molecule is CC(=O)N(C)C[C@H](O)c1ccc(OCCCn2cnc3ccccc32)cc1. The summed E-state index contributed by atoms with van der Waals surface area (Å²) in [4.78, 5) is 17.1. The molecule has 0 aliphatic heterocycles. The molecule has 6 nitrogen and oxygen atoms in total. The van der Waals surface area contributed by atoms with E-state index < -0.39 is 6.10 Å². The number of nitrogens with zero attached hydrogens (tertiary/aromatic N) is 3. The highest BCUT2D eigenvalue weighted by atomic mass is 16.5. The molecule has 1 heterocycles. The number of hydrogen-bond donors (Lipinski definition) is 1. The van der Waals surface area contributed by atoms with Crippen LogP contribution in [0.5, 0.6) is 5.75 Å². The van der Waals surface area contributed by atoms with Crippen LogP contribution in [0.15, 0.2) is 54.9 Å². The summed E-state index contributed by atoms with van der Waals surface area (Å²) >= 11 is 0. The second kappa shape index (κ2) is 8.68. The van der Waals surface area contributed by atoms with E-state index >= 15 is 0 Å². The molecule has 0 aliphatic rings. The number of aliphatic hydroxyl groups is 1. The number of likely N-dealkylation sites (N-methyl/N-ethyl adjacent to an activating group) is 1. The highest BCUT2D eigenvalue weighted by molar-refractivity contribution is 5.74. The molecule has 0 radical (unpaired) electrons. The molecule has 0 aliphatic carbocycles. The van der Waals surface area contributed by atoms with Crippen LogP contribution in [0.2, 0.25) is 0 Å². The fourth-order valence-electron chi connectivity index (χ4n) is 2.89. The summed E-state index contributed by atoms with van der Waals surface area (Å²) in [6, 6.07) is 15.4. The normalized spacial score (nSPS) is 12.1. The molecular weight excluding hydrogens is 342 g/mol. The third-order valence-corrected chi connectivity index (χ3v) is 4.59. The number of amides is 1. The Labute approximate surface area is 159 Å². The van der Waals surface area contributed by atoms with Gasteiger partial charge in [-0.3, -0.25) is 4.79 Å². The fraction of sp³-hybridized carbons (Fsp3) is 0.333. The maximum Gasteiger partial charge on any atom is 0.219 e. The molecule has 0 saturated carbocycles. The second-order valence-corrected chi connectivity index (χ2v) is 6.61. The number of aromatic nitrogens is 2. The number of aliphatic hydroxyl groups excluding tert-OH is 1. The van der Waals surface area contributed by atoms with Crippen LogP contribution in [0.25, 0.3) is 11.0 Å². The van der Waals surface area contributed by atoms with E-state index in [4.69, 9.17) is 4.74 Å². The first kappa shape index (κ1) is 18.9. The average Bonchev–Trinajstić information content (AvgIpc) is 3.08. The van der Waals surface area contributed by atoms with Crippen molar-refractivity contribution in [3.05, 3.63) is 60.4 Å². The molecule has 0 bridgehead atoms. The molecule has 3 rings (SSSR count). The molecule has 1 aromatic heterocycles. The average molecular weight is 367 g/mol. The molecule has 0 unspecified atom stereocenters. The predicted octanol–water partition coefficient (Wildman–Crippen LogP) is 3.02. The van der Waals surface area contributed by atoms with Crippen molar-refractivity contribution in [2.45, 2.75) is 26.0 Å². The number of fused-ring (bicyclic) bond motifs is 1. The fourth-order valence-corrected chi connectivity index (χ4v) is 2.89. The lowest BCUT2D eigenvalue weighted by molar-refractivity contribution is -0.128. The summed E-state index contributed by atoms with van der Waals surface area (Å²) in [5.41, 5.74) is 2.90. The Morgan fingerprint density at radius 1 is 1.22 bits per heavy atom. The number of carbonyl (C=O) groups excluding carboxylic acids is 1. The molecule has 3 aromatic rings. The Hall–Kier alpha value is -2.86. The summed E-state index contributed by atoms with van der Waals surface area (Å²) in [6.07, 6.45) is 2.02. The topological polar surface area (TPSA) is 67.6 Å². The molecule has 1 N–H and O–H groups in total. The number of benzene rings is 2. The van der Waals surface area contributed by atoms with Crippen molar-refractivity contribution in [2.24, 2.45) is 0 Å². The van der Waals surface area contributed by atoms with Gasteiger partial charge in [0.2, 0.25) is 5.91 Å². The van der Waals surface area contributed by atoms with Gasteiger partial charge < -0.3 is 19.3 Å². The first-order chi connectivity index (χ1) is 13.0. The summed E-state index contributed by atoms with van der Waals surface area (Å²) < 4.78 is 7.92. The Morgan fingerprint density at radius 3 is 2.70 bits per heavy atom. The minimum absolute atomic E-state index is 0.0697. The van der Waals surface area contributed by atoms with Gasteiger partial charge in [0.25, 0.3) is 0 Å². The lowest BCUT2D eigenvalue weighted by Crippen LogP contribution is -2.28. The minimum atomic E-state index is -0.706. The van der Waals surface area contributed by atoms with Gasteiger partial charge in [-0.1, -0.05) is 24.3 Å². The predicted molar refractivity (Wildman–Crippen MR) is 105 cm³/mol. The Morgan fingerprint density at radius 2 is 1.96 bits per heavy atom. The second-order valence-electron chi connectivity index (χ2n) is 6.61. The zero-order chi connectivity index (χ0) is 19.2. The van der Waals surface area contributed by atoms with Gasteiger partial charge in [0, 0.05) is 20.5 Å². The maximum atomic E-state index is 11.3. The van der Waals surface area contributed by atoms with Gasteiger partial charge in [-0.05, 0) is 36.2 Å². The first-order valence-corrected chi connectivity index (χ1v) is 9.07. The van der Waals surface area contributed by atoms with Gasteiger partial charge in [-0.2, -0.15) is 0 Å². The van der Waals surface area contributed by atoms with Crippen LogP contribution in [-0.2, 0) is 11.3 Å². The minimum Gasteiger partial charge on any atom is -0.494 e. The maximum absolute atomic E-state index is 11.3. The van der Waals surface area contributed by atoms with E-state index in [0.717, 1.165) is 35.3 Å². The first-order valence-electron chi connectivity index (χ1n) is 9.07. The van der Waals surface area contributed by atoms with Gasteiger partial charge in [0.1, 0.15) is 5.75 Å². The van der Waals surface area contributed by atoms with Gasteiger partial charge in [0.15, 0.2) is 0 Å². The van der Waals surface area contributed by atoms with Crippen molar-refractivity contribution in [1.82, 2.24) is 14.5 Å². The summed E-state index contributed by atoms with van der Waals surface area (Å²) in [5.74, 6) is 0.695. The van der Waals surface area contributed by atoms with Crippen LogP contribution in [-0.4, -0.2) is 45.7 Å². The summed E-state index contributed by atoms with van der Waals surface area (Å²) in [5, 5.41) is 10.2. The lowest BCUT2D eigenvalue weighted by atomic mass is 10.1. The quantitative estimate of drug-likeness (QED) is 0.622. The number of hydrogen-bond acceptors (Lipinski definition) is 4. The number of ether oxygens (including phenoxy) is 1. The molecule has 1 amide bonds. The number of imidazole rings is 1. The van der Waals surface area contributed by atoms with Crippen molar-refractivity contribution >= 4 is 16.9 Å². The van der Waals surface area contributed by atoms with Crippen LogP contribution >= 0.6 is 0 Å². The molecule has 1 atom stereocenters. The van der Waals surface area contributed by atoms with E-state index in [0.29, 0.717) is 6.61 Å². The largest absolute Gasteiger partial charge is 0.494 e. The van der Waals surface area contributed by atoms with Crippen molar-refractivity contribution in [1.29, 1.82) is 0 Å². The summed E-state index contributed by atoms with van der Waals surface area (Å²) in [7, 11) is 1.67. The van der Waals surface area contributed by atoms with E-state index in [1.165, 1.54) is 11.8 Å². The zero-order valence-corrected chi connectivity index (χ0v) is 15.7. The van der Waals surface area contributed by atoms with E-state index in [9.17, 15) is 9.90 Å². The van der Waals surface area contributed by atoms with Crippen LogP contribution < -0.4 is 4.74 Å². The van der Waals surface area contributed by atoms with Gasteiger partial charge in [-0.15, -0.1) is 0 Å². The van der Waals surface area contributed by atoms with Crippen molar-refractivity contribution in [3.63, 3.8) is 0 Å². The van der Waals surface area contributed by atoms with Crippen LogP contribution in [0, 0.1) is 0 Å². The van der Waals surface area contributed by atoms with Crippen LogP contribution in [0.3, 0.4) is 0 Å². The van der Waals surface area contributed by atoms with Crippen LogP contribution in [0.1, 0.15) is 25.0 Å². The highest BCUT2D eigenvalue weighted by Crippen LogP contribution is 2.19. The standard InChI is InChI=1S/C21H25N3O3/c1-16(25)23(2)14-21(26)17-8-10-18(11-9-17)27-13-5-12-24-15-22-19-6-3-4-7-20(19)24/h3-4,6-11,15,21,26H,5,12-14H2,1-2H3/t21-/m0/s1. The Balaban J connectivity index is 1.47. The smallest absolute Gasteiger partial charge is 0.219 e. The van der Waals surface area contributed by atoms with Gasteiger partial charge in [-0.25, -0.2) is 4.98 Å². The molecular formula is C21H25N3O3. The lowest BCUT2D eigenvalue weighted by Gasteiger charge is -2.19.